The first kappa shape index (κ1) is 49.2. The number of fused-ring (bicyclic) bond motifs is 9. The number of pyridine rings is 3. The van der Waals surface area contributed by atoms with Crippen LogP contribution in [0.3, 0.4) is 0 Å². The van der Waals surface area contributed by atoms with Gasteiger partial charge < -0.3 is 13.8 Å². The van der Waals surface area contributed by atoms with Gasteiger partial charge in [-0.25, -0.2) is 0 Å². The van der Waals surface area contributed by atoms with Crippen LogP contribution in [0.4, 0.5) is 0 Å². The second kappa shape index (κ2) is 19.7. The Balaban J connectivity index is 0.00000577. The molecule has 15 aromatic rings. The zero-order valence-electron chi connectivity index (χ0n) is 44.3. The largest absolute Gasteiger partial charge is 3.00 e. The number of thiophene rings is 1. The second-order valence-corrected chi connectivity index (χ2v) is 21.8. The number of nitrogens with zero attached hydrogens (tertiary/aromatic N) is 5. The van der Waals surface area contributed by atoms with Gasteiger partial charge in [0.1, 0.15) is 0 Å². The van der Waals surface area contributed by atoms with Gasteiger partial charge in [-0.3, -0.25) is 9.97 Å². The van der Waals surface area contributed by atoms with Crippen LogP contribution in [0, 0.1) is 45.9 Å². The van der Waals surface area contributed by atoms with Crippen molar-refractivity contribution in [3.8, 4) is 89.1 Å². The normalized spacial score (nSPS) is 11.7. The van der Waals surface area contributed by atoms with Gasteiger partial charge in [-0.2, -0.15) is 0 Å². The van der Waals surface area contributed by atoms with Crippen LogP contribution in [-0.2, 0) is 20.1 Å². The third-order valence-electron chi connectivity index (χ3n) is 16.1. The van der Waals surface area contributed by atoms with Crippen molar-refractivity contribution in [1.82, 2.24) is 23.8 Å². The van der Waals surface area contributed by atoms with Gasteiger partial charge in [-0.15, -0.1) is 105 Å². The topological polar surface area (TPSA) is 47.5 Å². The predicted octanol–water partition coefficient (Wildman–Crippen LogP) is 19.0. The first-order valence-corrected chi connectivity index (χ1v) is 27.5. The number of hydrogen-bond acceptors (Lipinski definition) is 4. The summed E-state index contributed by atoms with van der Waals surface area (Å²) in [4.78, 5) is 15.0. The number of aryl methyl sites for hydroxylation is 4. The van der Waals surface area contributed by atoms with Crippen LogP contribution in [0.5, 0.6) is 0 Å². The number of hydrogen-bond donors (Lipinski definition) is 0. The molecule has 7 heteroatoms. The summed E-state index contributed by atoms with van der Waals surface area (Å²) in [5, 5.41) is 6.83. The molecule has 80 heavy (non-hydrogen) atoms. The molecule has 0 spiro atoms. The van der Waals surface area contributed by atoms with E-state index in [4.69, 9.17) is 15.0 Å². The summed E-state index contributed by atoms with van der Waals surface area (Å²) in [6, 6.07) is 83.5. The van der Waals surface area contributed by atoms with Gasteiger partial charge in [0.05, 0.1) is 11.3 Å². The van der Waals surface area contributed by atoms with Crippen molar-refractivity contribution >= 4 is 64.3 Å². The molecule has 0 aliphatic heterocycles. The number of aromatic nitrogens is 5. The minimum atomic E-state index is 0. The van der Waals surface area contributed by atoms with E-state index < -0.39 is 0 Å². The van der Waals surface area contributed by atoms with Crippen LogP contribution in [0.1, 0.15) is 22.8 Å². The van der Waals surface area contributed by atoms with Crippen molar-refractivity contribution in [1.29, 1.82) is 0 Å². The predicted molar refractivity (Wildman–Crippen MR) is 329 cm³/mol. The van der Waals surface area contributed by atoms with Crippen LogP contribution in [-0.4, -0.2) is 23.8 Å². The van der Waals surface area contributed by atoms with E-state index in [2.05, 4.69) is 261 Å². The van der Waals surface area contributed by atoms with Gasteiger partial charge >= 0.3 is 20.1 Å². The van der Waals surface area contributed by atoms with Crippen LogP contribution < -0.4 is 0 Å². The van der Waals surface area contributed by atoms with Gasteiger partial charge in [-0.1, -0.05) is 150 Å². The van der Waals surface area contributed by atoms with Gasteiger partial charge in [-0.05, 0) is 126 Å². The van der Waals surface area contributed by atoms with Crippen molar-refractivity contribution < 1.29 is 20.1 Å². The standard InChI is InChI=1S/C73H48N5S.Ir/c1-44-46(3)77-34-32-52-37-50(25-28-65(52)72(77)75-44)59-16-5-8-19-62(59)56-39-57(63-20-9-6-17-60(63)51-26-29-66-53(38-51)33-35-78-47(4)45(2)76-73(66)78)41-58(40-56)64-21-10-7-18-61(64)55-27-31-69(74-43-55)54-15-13-14-48(36-54)49-24-30-68-67-22-11-12-23-70(67)79-71(68)42-49;/h5-14,16-27,30-43H,1-4H3;/q-3;+3. The molecule has 5 nitrogen and oxygen atoms in total. The number of rotatable bonds is 8. The van der Waals surface area contributed by atoms with E-state index in [0.29, 0.717) is 0 Å². The Morgan fingerprint density at radius 3 is 1.41 bits per heavy atom. The first-order valence-electron chi connectivity index (χ1n) is 26.7. The van der Waals surface area contributed by atoms with Crippen LogP contribution >= 0.6 is 11.3 Å². The molecule has 0 saturated heterocycles. The molecule has 0 aliphatic rings. The van der Waals surface area contributed by atoms with Crippen LogP contribution in [0.2, 0.25) is 0 Å². The molecule has 0 atom stereocenters. The van der Waals surface area contributed by atoms with Crippen molar-refractivity contribution in [3.05, 3.63) is 260 Å². The molecule has 0 radical (unpaired) electrons. The van der Waals surface area contributed by atoms with Crippen molar-refractivity contribution in [2.75, 3.05) is 0 Å². The average molecular weight is 1220 g/mol. The molecule has 0 fully saturated rings. The van der Waals surface area contributed by atoms with E-state index in [0.717, 1.165) is 139 Å². The molecule has 9 aromatic carbocycles. The smallest absolute Gasteiger partial charge is 0.344 e. The van der Waals surface area contributed by atoms with Crippen molar-refractivity contribution in [3.63, 3.8) is 0 Å². The Hall–Kier alpha value is -9.10. The molecular weight excluding hydrogens is 1170 g/mol. The van der Waals surface area contributed by atoms with Gasteiger partial charge in [0.15, 0.2) is 0 Å². The second-order valence-electron chi connectivity index (χ2n) is 20.7. The fourth-order valence-corrected chi connectivity index (χ4v) is 12.9. The summed E-state index contributed by atoms with van der Waals surface area (Å²) < 4.78 is 6.92. The monoisotopic (exact) mass is 1220 g/mol. The molecule has 15 rings (SSSR count). The van der Waals surface area contributed by atoms with Crippen molar-refractivity contribution in [2.24, 2.45) is 0 Å². The first-order chi connectivity index (χ1) is 38.8. The maximum absolute atomic E-state index is 5.14. The molecule has 0 aliphatic carbocycles. The number of imidazole rings is 2. The Morgan fingerprint density at radius 2 is 0.875 bits per heavy atom. The molecular formula is C73H48IrN5S. The quantitative estimate of drug-likeness (QED) is 0.142. The molecule has 0 N–H and O–H groups in total. The third-order valence-corrected chi connectivity index (χ3v) is 17.2. The summed E-state index contributed by atoms with van der Waals surface area (Å²) in [7, 11) is 0. The average Bonchev–Trinajstić information content (AvgIpc) is 4.20. The van der Waals surface area contributed by atoms with E-state index in [1.807, 2.05) is 23.6 Å². The Morgan fingerprint density at radius 1 is 0.400 bits per heavy atom. The number of benzene rings is 9. The van der Waals surface area contributed by atoms with Gasteiger partial charge in [0.2, 0.25) is 0 Å². The summed E-state index contributed by atoms with van der Waals surface area (Å²) in [5.74, 6) is 0. The molecule has 0 bridgehead atoms. The molecule has 6 aromatic heterocycles. The van der Waals surface area contributed by atoms with E-state index >= 15 is 0 Å². The fraction of sp³-hybridized carbons (Fsp3) is 0.0548. The summed E-state index contributed by atoms with van der Waals surface area (Å²) in [6.07, 6.45) is 6.27. The third kappa shape index (κ3) is 8.28. The fourth-order valence-electron chi connectivity index (χ4n) is 11.7. The Labute approximate surface area is 481 Å². The summed E-state index contributed by atoms with van der Waals surface area (Å²) in [5.41, 5.74) is 23.6. The molecule has 380 valence electrons. The van der Waals surface area contributed by atoms with Gasteiger partial charge in [0.25, 0.3) is 0 Å². The van der Waals surface area contributed by atoms with E-state index in [1.165, 1.54) is 25.7 Å². The SMILES string of the molecule is Cc1nc2c3[c-]cc(-c4ccccc4-c4cc(-c5ccccc5-c5ccc(-c6[c-]ccc(-c7ccc8c(c7)sc7ccccc78)c6)nc5)cc(-c5ccccc5-c5c[c-]c6c(ccn7c(C)c(C)nc67)c5)c4)cc3ccn2c1C.[Ir+3]. The summed E-state index contributed by atoms with van der Waals surface area (Å²) in [6.45, 7) is 8.37. The molecule has 0 unspecified atom stereocenters. The zero-order chi connectivity index (χ0) is 52.9. The maximum Gasteiger partial charge on any atom is 3.00 e. The molecule has 6 heterocycles. The summed E-state index contributed by atoms with van der Waals surface area (Å²) >= 11 is 1.84. The molecule has 0 amide bonds. The van der Waals surface area contributed by atoms with E-state index in [-0.39, 0.29) is 20.1 Å². The Kier molecular flexibility index (Phi) is 12.1. The minimum Gasteiger partial charge on any atom is -0.344 e. The van der Waals surface area contributed by atoms with E-state index in [1.54, 1.807) is 0 Å². The zero-order valence-corrected chi connectivity index (χ0v) is 47.5. The Bertz CT molecular complexity index is 4780. The van der Waals surface area contributed by atoms with E-state index in [9.17, 15) is 0 Å². The van der Waals surface area contributed by atoms with Crippen LogP contribution in [0.15, 0.2) is 219 Å². The van der Waals surface area contributed by atoms with Crippen LogP contribution in [0.25, 0.3) is 142 Å². The minimum absolute atomic E-state index is 0. The molecule has 0 saturated carbocycles. The van der Waals surface area contributed by atoms with Gasteiger partial charge in [0, 0.05) is 49.1 Å². The maximum atomic E-state index is 5.14. The van der Waals surface area contributed by atoms with Crippen molar-refractivity contribution in [2.45, 2.75) is 27.7 Å².